The van der Waals surface area contributed by atoms with E-state index in [1.54, 1.807) is 0 Å². The second-order valence-electron chi connectivity index (χ2n) is 8.53. The first-order valence-corrected chi connectivity index (χ1v) is 10.9. The van der Waals surface area contributed by atoms with Crippen LogP contribution in [0.5, 0.6) is 0 Å². The molecule has 1 saturated heterocycles. The third kappa shape index (κ3) is 3.60. The largest absolute Gasteiger partial charge is 0.361 e. The smallest absolute Gasteiger partial charge is 0.227 e. The highest BCUT2D eigenvalue weighted by atomic mass is 16.2. The number of hydrogen-bond donors (Lipinski definition) is 2. The number of benzene rings is 2. The lowest BCUT2D eigenvalue weighted by atomic mass is 9.88. The molecule has 0 bridgehead atoms. The summed E-state index contributed by atoms with van der Waals surface area (Å²) in [5.74, 6) is 0.594. The number of anilines is 1. The monoisotopic (exact) mass is 401 g/mol. The zero-order chi connectivity index (χ0) is 20.5. The van der Waals surface area contributed by atoms with E-state index in [0.717, 1.165) is 43.6 Å². The van der Waals surface area contributed by atoms with Crippen LogP contribution in [0.25, 0.3) is 10.9 Å². The average molecular weight is 402 g/mol. The van der Waals surface area contributed by atoms with E-state index < -0.39 is 0 Å². The third-order valence-electron chi connectivity index (χ3n) is 6.73. The molecule has 2 amide bonds. The molecule has 0 saturated carbocycles. The number of rotatable bonds is 4. The normalized spacial score (nSPS) is 19.5. The molecule has 2 aromatic carbocycles. The Morgan fingerprint density at radius 2 is 1.80 bits per heavy atom. The fraction of sp³-hybridized carbons (Fsp3) is 0.360. The van der Waals surface area contributed by atoms with Crippen molar-refractivity contribution in [1.29, 1.82) is 0 Å². The molecule has 3 aromatic rings. The zero-order valence-corrected chi connectivity index (χ0v) is 17.1. The predicted octanol–water partition coefficient (Wildman–Crippen LogP) is 4.47. The van der Waals surface area contributed by atoms with Crippen LogP contribution in [-0.4, -0.2) is 34.8 Å². The van der Waals surface area contributed by atoms with Gasteiger partial charge in [-0.05, 0) is 54.9 Å². The number of H-pyrrole nitrogens is 1. The maximum absolute atomic E-state index is 12.8. The summed E-state index contributed by atoms with van der Waals surface area (Å²) >= 11 is 0. The van der Waals surface area contributed by atoms with Gasteiger partial charge in [-0.15, -0.1) is 0 Å². The molecule has 2 aliphatic heterocycles. The van der Waals surface area contributed by atoms with Crippen LogP contribution in [0.2, 0.25) is 0 Å². The maximum Gasteiger partial charge on any atom is 0.227 e. The number of aromatic amines is 1. The van der Waals surface area contributed by atoms with E-state index in [2.05, 4.69) is 46.8 Å². The zero-order valence-electron chi connectivity index (χ0n) is 17.1. The van der Waals surface area contributed by atoms with E-state index in [9.17, 15) is 9.59 Å². The number of amides is 2. The Balaban J connectivity index is 1.15. The highest BCUT2D eigenvalue weighted by Crippen LogP contribution is 2.33. The molecule has 1 fully saturated rings. The quantitative estimate of drug-likeness (QED) is 0.678. The summed E-state index contributed by atoms with van der Waals surface area (Å²) in [5, 5.41) is 4.28. The highest BCUT2D eigenvalue weighted by molar-refractivity contribution is 5.96. The number of carbonyl (C=O) groups excluding carboxylic acids is 2. The topological polar surface area (TPSA) is 65.2 Å². The van der Waals surface area contributed by atoms with Gasteiger partial charge in [-0.2, -0.15) is 0 Å². The molecule has 154 valence electrons. The van der Waals surface area contributed by atoms with Crippen molar-refractivity contribution in [3.8, 4) is 0 Å². The van der Waals surface area contributed by atoms with Gasteiger partial charge in [-0.25, -0.2) is 0 Å². The molecular formula is C25H27N3O2. The van der Waals surface area contributed by atoms with Gasteiger partial charge in [-0.1, -0.05) is 36.4 Å². The molecule has 2 aliphatic rings. The van der Waals surface area contributed by atoms with Gasteiger partial charge in [0.2, 0.25) is 11.8 Å². The molecule has 2 N–H and O–H groups in total. The Kier molecular flexibility index (Phi) is 5.03. The lowest BCUT2D eigenvalue weighted by Crippen LogP contribution is -2.38. The summed E-state index contributed by atoms with van der Waals surface area (Å²) in [6.07, 6.45) is 5.89. The molecule has 0 spiro atoms. The molecule has 5 rings (SSSR count). The fourth-order valence-electron chi connectivity index (χ4n) is 4.97. The van der Waals surface area contributed by atoms with E-state index >= 15 is 0 Å². The number of aromatic nitrogens is 1. The minimum Gasteiger partial charge on any atom is -0.361 e. The van der Waals surface area contributed by atoms with Gasteiger partial charge in [0.05, 0.1) is 0 Å². The second-order valence-corrected chi connectivity index (χ2v) is 8.53. The number of fused-ring (bicyclic) bond motifs is 2. The number of nitrogens with zero attached hydrogens (tertiary/aromatic N) is 1. The van der Waals surface area contributed by atoms with Crippen LogP contribution in [0.3, 0.4) is 0 Å². The van der Waals surface area contributed by atoms with Gasteiger partial charge in [0, 0.05) is 48.2 Å². The molecule has 3 heterocycles. The van der Waals surface area contributed by atoms with Crippen molar-refractivity contribution in [3.63, 3.8) is 0 Å². The number of piperidine rings is 1. The van der Waals surface area contributed by atoms with Gasteiger partial charge >= 0.3 is 0 Å². The van der Waals surface area contributed by atoms with E-state index in [-0.39, 0.29) is 17.7 Å². The Hall–Kier alpha value is -3.08. The van der Waals surface area contributed by atoms with Crippen LogP contribution < -0.4 is 5.32 Å². The van der Waals surface area contributed by atoms with Crippen LogP contribution in [0.15, 0.2) is 54.7 Å². The standard InChI is InChI=1S/C25H27N3O2/c29-24(10-9-19-15-18-5-1-3-7-22(18)27-25(19)30)28-13-11-17(12-14-28)21-16-26-23-8-4-2-6-20(21)23/h1-8,16-17,19,26H,9-15H2,(H,27,30). The first-order chi connectivity index (χ1) is 14.7. The van der Waals surface area contributed by atoms with Gasteiger partial charge < -0.3 is 15.2 Å². The number of para-hydroxylation sites is 2. The molecule has 5 heteroatoms. The summed E-state index contributed by atoms with van der Waals surface area (Å²) in [7, 11) is 0. The van der Waals surface area contributed by atoms with Crippen LogP contribution in [0, 0.1) is 5.92 Å². The van der Waals surface area contributed by atoms with Gasteiger partial charge in [-0.3, -0.25) is 9.59 Å². The molecule has 0 radical (unpaired) electrons. The number of hydrogen-bond acceptors (Lipinski definition) is 2. The Morgan fingerprint density at radius 1 is 1.03 bits per heavy atom. The van der Waals surface area contributed by atoms with Crippen molar-refractivity contribution in [2.75, 3.05) is 18.4 Å². The summed E-state index contributed by atoms with van der Waals surface area (Å²) < 4.78 is 0. The molecule has 1 atom stereocenters. The van der Waals surface area contributed by atoms with Gasteiger partial charge in [0.15, 0.2) is 0 Å². The molecule has 30 heavy (non-hydrogen) atoms. The van der Waals surface area contributed by atoms with Crippen LogP contribution >= 0.6 is 0 Å². The third-order valence-corrected chi connectivity index (χ3v) is 6.73. The summed E-state index contributed by atoms with van der Waals surface area (Å²) in [4.78, 5) is 30.5. The van der Waals surface area contributed by atoms with Crippen molar-refractivity contribution in [3.05, 3.63) is 65.9 Å². The van der Waals surface area contributed by atoms with E-state index in [1.807, 2.05) is 23.1 Å². The summed E-state index contributed by atoms with van der Waals surface area (Å²) in [5.41, 5.74) is 4.62. The van der Waals surface area contributed by atoms with Crippen molar-refractivity contribution in [1.82, 2.24) is 9.88 Å². The van der Waals surface area contributed by atoms with E-state index in [1.165, 1.54) is 16.5 Å². The van der Waals surface area contributed by atoms with Crippen molar-refractivity contribution in [2.24, 2.45) is 5.92 Å². The first kappa shape index (κ1) is 18.9. The molecule has 0 aliphatic carbocycles. The Bertz CT molecular complexity index is 1080. The maximum atomic E-state index is 12.8. The number of likely N-dealkylation sites (tertiary alicyclic amines) is 1. The van der Waals surface area contributed by atoms with Crippen molar-refractivity contribution in [2.45, 2.75) is 38.0 Å². The summed E-state index contributed by atoms with van der Waals surface area (Å²) in [6.45, 7) is 1.59. The first-order valence-electron chi connectivity index (χ1n) is 10.9. The highest BCUT2D eigenvalue weighted by Gasteiger charge is 2.29. The molecule has 1 aromatic heterocycles. The van der Waals surface area contributed by atoms with Crippen LogP contribution in [0.1, 0.15) is 42.7 Å². The Labute approximate surface area is 176 Å². The molecule has 5 nitrogen and oxygen atoms in total. The molecule has 1 unspecified atom stereocenters. The minimum absolute atomic E-state index is 0.0412. The Morgan fingerprint density at radius 3 is 2.67 bits per heavy atom. The second kappa shape index (κ2) is 7.98. The van der Waals surface area contributed by atoms with Crippen molar-refractivity contribution >= 4 is 28.4 Å². The fourth-order valence-corrected chi connectivity index (χ4v) is 4.97. The lowest BCUT2D eigenvalue weighted by Gasteiger charge is -2.32. The average Bonchev–Trinajstić information content (AvgIpc) is 3.22. The summed E-state index contributed by atoms with van der Waals surface area (Å²) in [6, 6.07) is 16.3. The number of carbonyl (C=O) groups is 2. The number of nitrogens with one attached hydrogen (secondary N) is 2. The van der Waals surface area contributed by atoms with Gasteiger partial charge in [0.1, 0.15) is 0 Å². The van der Waals surface area contributed by atoms with Crippen LogP contribution in [0.4, 0.5) is 5.69 Å². The molecular weight excluding hydrogens is 374 g/mol. The van der Waals surface area contributed by atoms with E-state index in [4.69, 9.17) is 0 Å². The SMILES string of the molecule is O=C1Nc2ccccc2CC1CCC(=O)N1CCC(c2c[nH]c3ccccc23)CC1. The van der Waals surface area contributed by atoms with Crippen molar-refractivity contribution < 1.29 is 9.59 Å². The van der Waals surface area contributed by atoms with Crippen LogP contribution in [-0.2, 0) is 16.0 Å². The lowest BCUT2D eigenvalue weighted by molar-refractivity contribution is -0.132. The van der Waals surface area contributed by atoms with E-state index in [0.29, 0.717) is 18.8 Å². The van der Waals surface area contributed by atoms with Gasteiger partial charge in [0.25, 0.3) is 0 Å². The predicted molar refractivity (Wildman–Crippen MR) is 118 cm³/mol. The minimum atomic E-state index is -0.118.